The van der Waals surface area contributed by atoms with Gasteiger partial charge < -0.3 is 14.8 Å². The van der Waals surface area contributed by atoms with Gasteiger partial charge in [0, 0.05) is 23.0 Å². The summed E-state index contributed by atoms with van der Waals surface area (Å²) >= 11 is 0. The molecule has 0 bridgehead atoms. The van der Waals surface area contributed by atoms with Crippen LogP contribution in [0.1, 0.15) is 46.6 Å². The number of rotatable bonds is 8. The first-order valence-corrected chi connectivity index (χ1v) is 10.1. The van der Waals surface area contributed by atoms with E-state index in [2.05, 4.69) is 10.3 Å². The van der Waals surface area contributed by atoms with Crippen molar-refractivity contribution in [1.82, 2.24) is 4.98 Å². The zero-order chi connectivity index (χ0) is 22.1. The van der Waals surface area contributed by atoms with Crippen molar-refractivity contribution in [3.8, 4) is 11.3 Å². The lowest BCUT2D eigenvalue weighted by Crippen LogP contribution is -2.28. The molecule has 1 aromatic carbocycles. The number of hydrogen-bond donors (Lipinski definition) is 1. The summed E-state index contributed by atoms with van der Waals surface area (Å²) in [5.41, 5.74) is 3.46. The topological polar surface area (TPSA) is 77.5 Å². The van der Waals surface area contributed by atoms with Gasteiger partial charge >= 0.3 is 11.9 Å². The van der Waals surface area contributed by atoms with Crippen molar-refractivity contribution in [3.63, 3.8) is 0 Å². The van der Waals surface area contributed by atoms with Gasteiger partial charge in [0.2, 0.25) is 0 Å². The minimum atomic E-state index is -0.508. The fraction of sp³-hybridized carbons (Fsp3) is 0.375. The largest absolute Gasteiger partial charge is 0.463 e. The number of carbonyl (C=O) groups excluding carboxylic acids is 2. The molecule has 1 aromatic heterocycles. The first kappa shape index (κ1) is 23.1. The van der Waals surface area contributed by atoms with E-state index in [0.29, 0.717) is 18.6 Å². The van der Waals surface area contributed by atoms with Crippen LogP contribution < -0.4 is 5.32 Å². The maximum Gasteiger partial charge on any atom is 0.333 e. The van der Waals surface area contributed by atoms with Crippen molar-refractivity contribution in [1.29, 1.82) is 0 Å². The summed E-state index contributed by atoms with van der Waals surface area (Å²) in [4.78, 5) is 28.3. The fourth-order valence-corrected chi connectivity index (χ4v) is 2.73. The number of hydrogen-bond acceptors (Lipinski definition) is 6. The van der Waals surface area contributed by atoms with Crippen molar-refractivity contribution < 1.29 is 19.1 Å². The van der Waals surface area contributed by atoms with Gasteiger partial charge in [-0.2, -0.15) is 0 Å². The lowest BCUT2D eigenvalue weighted by Gasteiger charge is -2.19. The Morgan fingerprint density at radius 2 is 1.90 bits per heavy atom. The highest BCUT2D eigenvalue weighted by Crippen LogP contribution is 2.22. The summed E-state index contributed by atoms with van der Waals surface area (Å²) in [7, 11) is 0. The Hall–Kier alpha value is -3.15. The molecule has 6 heteroatoms. The van der Waals surface area contributed by atoms with Crippen LogP contribution in [0.15, 0.2) is 48.2 Å². The van der Waals surface area contributed by atoms with Crippen LogP contribution in [0, 0.1) is 0 Å². The van der Waals surface area contributed by atoms with Gasteiger partial charge in [0.1, 0.15) is 12.1 Å². The molecular formula is C24H30N2O4. The van der Waals surface area contributed by atoms with Gasteiger partial charge in [-0.05, 0) is 64.0 Å². The predicted molar refractivity (Wildman–Crippen MR) is 119 cm³/mol. The molecule has 0 saturated heterocycles. The number of aromatic nitrogens is 1. The van der Waals surface area contributed by atoms with Crippen molar-refractivity contribution in [3.05, 3.63) is 53.7 Å². The Bertz CT molecular complexity index is 896. The third kappa shape index (κ3) is 7.35. The van der Waals surface area contributed by atoms with Gasteiger partial charge in [-0.25, -0.2) is 4.79 Å². The van der Waals surface area contributed by atoms with Crippen LogP contribution >= 0.6 is 0 Å². The Labute approximate surface area is 178 Å². The summed E-state index contributed by atoms with van der Waals surface area (Å²) in [6, 6.07) is 11.5. The van der Waals surface area contributed by atoms with Crippen molar-refractivity contribution in [2.45, 2.75) is 46.6 Å². The van der Waals surface area contributed by atoms with E-state index in [4.69, 9.17) is 9.47 Å². The number of nitrogens with zero attached hydrogens (tertiary/aromatic N) is 1. The highest BCUT2D eigenvalue weighted by Gasteiger charge is 2.15. The molecule has 0 spiro atoms. The smallest absolute Gasteiger partial charge is 0.333 e. The second-order valence-corrected chi connectivity index (χ2v) is 7.74. The van der Waals surface area contributed by atoms with Crippen LogP contribution in [-0.4, -0.2) is 35.7 Å². The number of esters is 2. The predicted octanol–water partition coefficient (Wildman–Crippen LogP) is 4.86. The molecule has 30 heavy (non-hydrogen) atoms. The van der Waals surface area contributed by atoms with Crippen LogP contribution in [0.25, 0.3) is 17.3 Å². The molecule has 0 fully saturated rings. The molecule has 0 aliphatic carbocycles. The molecule has 0 aliphatic rings. The average molecular weight is 411 g/mol. The minimum Gasteiger partial charge on any atom is -0.463 e. The number of benzene rings is 1. The van der Waals surface area contributed by atoms with Crippen LogP contribution in [0.4, 0.5) is 5.69 Å². The van der Waals surface area contributed by atoms with Crippen molar-refractivity contribution in [2.24, 2.45) is 0 Å². The maximum absolute atomic E-state index is 11.9. The minimum absolute atomic E-state index is 0.0888. The molecule has 6 nitrogen and oxygen atoms in total. The number of ether oxygens (including phenoxy) is 2. The summed E-state index contributed by atoms with van der Waals surface area (Å²) in [5, 5.41) is 3.08. The Balaban J connectivity index is 2.09. The van der Waals surface area contributed by atoms with E-state index in [9.17, 15) is 9.59 Å². The average Bonchev–Trinajstić information content (AvgIpc) is 2.70. The third-order valence-corrected chi connectivity index (χ3v) is 4.06. The summed E-state index contributed by atoms with van der Waals surface area (Å²) < 4.78 is 10.4. The van der Waals surface area contributed by atoms with Crippen LogP contribution in [-0.2, 0) is 19.1 Å². The number of anilines is 1. The third-order valence-electron chi connectivity index (χ3n) is 4.06. The second-order valence-electron chi connectivity index (χ2n) is 7.74. The molecule has 0 atom stereocenters. The monoisotopic (exact) mass is 410 g/mol. The van der Waals surface area contributed by atoms with E-state index in [1.54, 1.807) is 19.2 Å². The zero-order valence-corrected chi connectivity index (χ0v) is 18.3. The highest BCUT2D eigenvalue weighted by molar-refractivity contribution is 5.93. The first-order chi connectivity index (χ1) is 14.2. The van der Waals surface area contributed by atoms with Gasteiger partial charge in [0.05, 0.1) is 12.3 Å². The zero-order valence-electron chi connectivity index (χ0n) is 18.3. The Morgan fingerprint density at radius 3 is 2.50 bits per heavy atom. The van der Waals surface area contributed by atoms with Gasteiger partial charge in [0.25, 0.3) is 0 Å². The first-order valence-electron chi connectivity index (χ1n) is 10.1. The lowest BCUT2D eigenvalue weighted by molar-refractivity contribution is -0.152. The van der Waals surface area contributed by atoms with E-state index in [1.807, 2.05) is 64.1 Å². The molecule has 0 radical (unpaired) electrons. The molecule has 0 saturated carbocycles. The standard InChI is InChI=1S/C24H30N2O4/c1-6-18(23(28)29-7-2)13-17-11-12-21(26-15-17)19-9-8-10-20(14-19)25-16-22(27)30-24(3,4)5/h8-15,25H,6-7,16H2,1-5H3. The number of nitrogens with one attached hydrogen (secondary N) is 1. The second kappa shape index (κ2) is 10.6. The summed E-state index contributed by atoms with van der Waals surface area (Å²) in [6.07, 6.45) is 4.12. The van der Waals surface area contributed by atoms with Crippen molar-refractivity contribution >= 4 is 23.7 Å². The number of pyridine rings is 1. The lowest BCUT2D eigenvalue weighted by atomic mass is 10.1. The van der Waals surface area contributed by atoms with E-state index in [-0.39, 0.29) is 18.5 Å². The van der Waals surface area contributed by atoms with Crippen molar-refractivity contribution in [2.75, 3.05) is 18.5 Å². The Kier molecular flexibility index (Phi) is 8.16. The normalized spacial score (nSPS) is 11.7. The molecular weight excluding hydrogens is 380 g/mol. The molecule has 2 aromatic rings. The van der Waals surface area contributed by atoms with Crippen LogP contribution in [0.2, 0.25) is 0 Å². The molecule has 0 amide bonds. The summed E-state index contributed by atoms with van der Waals surface area (Å²) in [6.45, 7) is 9.67. The highest BCUT2D eigenvalue weighted by atomic mass is 16.6. The maximum atomic E-state index is 11.9. The van der Waals surface area contributed by atoms with Gasteiger partial charge in [-0.3, -0.25) is 9.78 Å². The van der Waals surface area contributed by atoms with Gasteiger partial charge in [-0.15, -0.1) is 0 Å². The van der Waals surface area contributed by atoms with Gasteiger partial charge in [0.15, 0.2) is 0 Å². The molecule has 1 N–H and O–H groups in total. The van der Waals surface area contributed by atoms with Gasteiger partial charge in [-0.1, -0.05) is 25.1 Å². The van der Waals surface area contributed by atoms with Crippen LogP contribution in [0.3, 0.4) is 0 Å². The van der Waals surface area contributed by atoms with E-state index < -0.39 is 5.60 Å². The SMILES string of the molecule is CCOC(=O)C(=Cc1ccc(-c2cccc(NCC(=O)OC(C)(C)C)c2)nc1)CC. The molecule has 1 heterocycles. The van der Waals surface area contributed by atoms with E-state index in [0.717, 1.165) is 22.5 Å². The fourth-order valence-electron chi connectivity index (χ4n) is 2.73. The molecule has 0 aliphatic heterocycles. The van der Waals surface area contributed by atoms with E-state index >= 15 is 0 Å². The molecule has 2 rings (SSSR count). The molecule has 160 valence electrons. The van der Waals surface area contributed by atoms with Crippen LogP contribution in [0.5, 0.6) is 0 Å². The number of carbonyl (C=O) groups is 2. The summed E-state index contributed by atoms with van der Waals surface area (Å²) in [5.74, 6) is -0.608. The Morgan fingerprint density at radius 1 is 1.13 bits per heavy atom. The quantitative estimate of drug-likeness (QED) is 0.495. The van der Waals surface area contributed by atoms with E-state index in [1.165, 1.54) is 0 Å². The molecule has 0 unspecified atom stereocenters.